The molecule has 1 fully saturated rings. The topological polar surface area (TPSA) is 51.0 Å². The number of anilines is 1. The van der Waals surface area contributed by atoms with Crippen LogP contribution >= 0.6 is 34.9 Å². The minimum absolute atomic E-state index is 0.139. The van der Waals surface area contributed by atoms with Gasteiger partial charge in [0.05, 0.1) is 16.3 Å². The molecule has 1 aliphatic heterocycles. The fraction of sp³-hybridized carbons (Fsp3) is 0.381. The molecule has 1 aromatic carbocycles. The number of benzene rings is 1. The normalized spacial score (nSPS) is 19.1. The number of amides is 1. The van der Waals surface area contributed by atoms with Crippen LogP contribution in [0.5, 0.6) is 0 Å². The molecule has 0 spiro atoms. The Kier molecular flexibility index (Phi) is 5.41. The van der Waals surface area contributed by atoms with E-state index >= 15 is 0 Å². The smallest absolute Gasteiger partial charge is 0.237 e. The maximum absolute atomic E-state index is 13.2. The average molecular weight is 443 g/mol. The molecule has 1 aliphatic carbocycles. The second-order valence-corrected chi connectivity index (χ2v) is 10.8. The molecule has 8 heteroatoms. The highest BCUT2D eigenvalue weighted by atomic mass is 32.2. The highest BCUT2D eigenvalue weighted by molar-refractivity contribution is 8.00. The van der Waals surface area contributed by atoms with E-state index in [2.05, 4.69) is 45.3 Å². The maximum Gasteiger partial charge on any atom is 0.237 e. The third-order valence-electron chi connectivity index (χ3n) is 5.19. The van der Waals surface area contributed by atoms with Gasteiger partial charge in [-0.1, -0.05) is 36.9 Å². The van der Waals surface area contributed by atoms with E-state index in [1.165, 1.54) is 16.7 Å². The summed E-state index contributed by atoms with van der Waals surface area (Å²) < 4.78 is 2.23. The van der Waals surface area contributed by atoms with Gasteiger partial charge in [-0.05, 0) is 42.8 Å². The number of carbonyl (C=O) groups is 1. The summed E-state index contributed by atoms with van der Waals surface area (Å²) in [5.41, 5.74) is 1.04. The zero-order chi connectivity index (χ0) is 19.8. The van der Waals surface area contributed by atoms with Crippen LogP contribution in [0.1, 0.15) is 32.2 Å². The standard InChI is InChI=1S/C21H22N4OS3/c1-14-10-11-24(16-5-2-3-6-17(16)29-14)19(26)13-28-21-23-22-20(18-7-4-12-27-18)25(21)15-8-9-15/h2-7,12,14-15H,8-11,13H2,1H3/t14-/m1/s1. The Morgan fingerprint density at radius 2 is 2.03 bits per heavy atom. The van der Waals surface area contributed by atoms with Crippen molar-refractivity contribution in [1.29, 1.82) is 0 Å². The van der Waals surface area contributed by atoms with Crippen LogP contribution in [-0.4, -0.2) is 38.2 Å². The van der Waals surface area contributed by atoms with Gasteiger partial charge in [0, 0.05) is 22.7 Å². The number of hydrogen-bond acceptors (Lipinski definition) is 6. The molecule has 150 valence electrons. The lowest BCUT2D eigenvalue weighted by Crippen LogP contribution is -2.33. The van der Waals surface area contributed by atoms with Crippen molar-refractivity contribution in [2.24, 2.45) is 0 Å². The molecule has 0 radical (unpaired) electrons. The van der Waals surface area contributed by atoms with Gasteiger partial charge in [-0.2, -0.15) is 0 Å². The molecular formula is C21H22N4OS3. The van der Waals surface area contributed by atoms with Gasteiger partial charge >= 0.3 is 0 Å². The lowest BCUT2D eigenvalue weighted by molar-refractivity contribution is -0.116. The first-order valence-corrected chi connectivity index (χ1v) is 12.6. The van der Waals surface area contributed by atoms with Crippen LogP contribution in [0.3, 0.4) is 0 Å². The van der Waals surface area contributed by atoms with Gasteiger partial charge in [-0.25, -0.2) is 0 Å². The van der Waals surface area contributed by atoms with E-state index < -0.39 is 0 Å². The van der Waals surface area contributed by atoms with Gasteiger partial charge in [0.25, 0.3) is 0 Å². The van der Waals surface area contributed by atoms with Crippen molar-refractivity contribution in [2.75, 3.05) is 17.2 Å². The highest BCUT2D eigenvalue weighted by Gasteiger charge is 2.31. The second-order valence-electron chi connectivity index (χ2n) is 7.40. The molecule has 0 N–H and O–H groups in total. The van der Waals surface area contributed by atoms with Gasteiger partial charge in [0.2, 0.25) is 5.91 Å². The first-order valence-electron chi connectivity index (χ1n) is 9.88. The number of para-hydroxylation sites is 1. The first kappa shape index (κ1) is 19.2. The zero-order valence-corrected chi connectivity index (χ0v) is 18.6. The Morgan fingerprint density at radius 3 is 2.83 bits per heavy atom. The van der Waals surface area contributed by atoms with E-state index in [4.69, 9.17) is 0 Å². The van der Waals surface area contributed by atoms with Crippen LogP contribution in [0.2, 0.25) is 0 Å². The molecule has 5 nitrogen and oxygen atoms in total. The van der Waals surface area contributed by atoms with Crippen molar-refractivity contribution in [3.63, 3.8) is 0 Å². The molecule has 2 aromatic heterocycles. The summed E-state index contributed by atoms with van der Waals surface area (Å²) in [4.78, 5) is 17.4. The van der Waals surface area contributed by atoms with Crippen LogP contribution < -0.4 is 4.90 Å². The molecule has 2 aliphatic rings. The predicted octanol–water partition coefficient (Wildman–Crippen LogP) is 5.35. The van der Waals surface area contributed by atoms with Gasteiger partial charge < -0.3 is 4.90 Å². The number of fused-ring (bicyclic) bond motifs is 1. The van der Waals surface area contributed by atoms with Crippen molar-refractivity contribution in [2.45, 2.75) is 47.5 Å². The van der Waals surface area contributed by atoms with E-state index in [-0.39, 0.29) is 5.91 Å². The highest BCUT2D eigenvalue weighted by Crippen LogP contribution is 2.42. The van der Waals surface area contributed by atoms with Gasteiger partial charge in [0.15, 0.2) is 11.0 Å². The molecule has 0 bridgehead atoms. The van der Waals surface area contributed by atoms with Crippen LogP contribution in [0, 0.1) is 0 Å². The maximum atomic E-state index is 13.2. The quantitative estimate of drug-likeness (QED) is 0.499. The second kappa shape index (κ2) is 8.16. The average Bonchev–Trinajstić information content (AvgIpc) is 3.29. The lowest BCUT2D eigenvalue weighted by Gasteiger charge is -2.22. The fourth-order valence-corrected chi connectivity index (χ4v) is 6.26. The monoisotopic (exact) mass is 442 g/mol. The van der Waals surface area contributed by atoms with E-state index in [1.54, 1.807) is 11.3 Å². The minimum Gasteiger partial charge on any atom is -0.311 e. The van der Waals surface area contributed by atoms with Gasteiger partial charge in [-0.3, -0.25) is 9.36 Å². The summed E-state index contributed by atoms with van der Waals surface area (Å²) >= 11 is 5.05. The number of aromatic nitrogens is 3. The molecule has 3 heterocycles. The van der Waals surface area contributed by atoms with Crippen LogP contribution in [0.25, 0.3) is 10.7 Å². The summed E-state index contributed by atoms with van der Waals surface area (Å²) in [6.07, 6.45) is 3.32. The van der Waals surface area contributed by atoms with Crippen molar-refractivity contribution >= 4 is 46.5 Å². The van der Waals surface area contributed by atoms with Crippen molar-refractivity contribution < 1.29 is 4.79 Å². The summed E-state index contributed by atoms with van der Waals surface area (Å²) in [7, 11) is 0. The molecule has 29 heavy (non-hydrogen) atoms. The molecule has 1 atom stereocenters. The van der Waals surface area contributed by atoms with Crippen LogP contribution in [0.15, 0.2) is 51.8 Å². The molecule has 1 saturated carbocycles. The summed E-state index contributed by atoms with van der Waals surface area (Å²) in [5, 5.41) is 12.3. The summed E-state index contributed by atoms with van der Waals surface area (Å²) in [6, 6.07) is 12.8. The fourth-order valence-electron chi connectivity index (χ4n) is 3.56. The number of rotatable bonds is 5. The Labute approximate surface area is 182 Å². The number of thiophene rings is 1. The number of hydrogen-bond donors (Lipinski definition) is 0. The molecular weight excluding hydrogens is 420 g/mol. The Balaban J connectivity index is 1.35. The lowest BCUT2D eigenvalue weighted by atomic mass is 10.2. The Morgan fingerprint density at radius 1 is 1.17 bits per heavy atom. The molecule has 0 saturated heterocycles. The molecule has 5 rings (SSSR count). The summed E-state index contributed by atoms with van der Waals surface area (Å²) in [6.45, 7) is 2.99. The number of nitrogens with zero attached hydrogens (tertiary/aromatic N) is 4. The van der Waals surface area contributed by atoms with Crippen molar-refractivity contribution in [3.05, 3.63) is 41.8 Å². The molecule has 1 amide bonds. The minimum atomic E-state index is 0.139. The summed E-state index contributed by atoms with van der Waals surface area (Å²) in [5.74, 6) is 1.45. The number of carbonyl (C=O) groups excluding carboxylic acids is 1. The van der Waals surface area contributed by atoms with Gasteiger partial charge in [0.1, 0.15) is 0 Å². The molecule has 0 unspecified atom stereocenters. The van der Waals surface area contributed by atoms with E-state index in [0.717, 1.165) is 47.4 Å². The van der Waals surface area contributed by atoms with Crippen LogP contribution in [0.4, 0.5) is 5.69 Å². The van der Waals surface area contributed by atoms with E-state index in [1.807, 2.05) is 34.9 Å². The van der Waals surface area contributed by atoms with Crippen molar-refractivity contribution in [1.82, 2.24) is 14.8 Å². The third kappa shape index (κ3) is 3.98. The Hall–Kier alpha value is -1.77. The van der Waals surface area contributed by atoms with Crippen LogP contribution in [-0.2, 0) is 4.79 Å². The first-order chi connectivity index (χ1) is 14.2. The zero-order valence-electron chi connectivity index (χ0n) is 16.2. The SMILES string of the molecule is C[C@@H]1CCN(C(=O)CSc2nnc(-c3cccs3)n2C2CC2)c2ccccc2S1. The van der Waals surface area contributed by atoms with Crippen molar-refractivity contribution in [3.8, 4) is 10.7 Å². The van der Waals surface area contributed by atoms with E-state index in [9.17, 15) is 4.79 Å². The number of thioether (sulfide) groups is 2. The predicted molar refractivity (Wildman–Crippen MR) is 121 cm³/mol. The third-order valence-corrected chi connectivity index (χ3v) is 8.22. The van der Waals surface area contributed by atoms with E-state index in [0.29, 0.717) is 17.0 Å². The molecule has 3 aromatic rings. The Bertz CT molecular complexity index is 1010. The van der Waals surface area contributed by atoms with Gasteiger partial charge in [-0.15, -0.1) is 33.3 Å². The largest absolute Gasteiger partial charge is 0.311 e.